The fourth-order valence-electron chi connectivity index (χ4n) is 1.80. The van der Waals surface area contributed by atoms with Crippen LogP contribution in [0.5, 0.6) is 11.5 Å². The number of rotatable bonds is 5. The lowest BCUT2D eigenvalue weighted by atomic mass is 10.2. The van der Waals surface area contributed by atoms with Crippen molar-refractivity contribution in [1.29, 1.82) is 0 Å². The lowest BCUT2D eigenvalue weighted by molar-refractivity contribution is -0.119. The van der Waals surface area contributed by atoms with E-state index in [2.05, 4.69) is 15.8 Å². The van der Waals surface area contributed by atoms with Gasteiger partial charge in [0, 0.05) is 17.3 Å². The second kappa shape index (κ2) is 7.12. The number of carbonyl (C=O) groups excluding carboxylic acids is 1. The Bertz CT molecular complexity index is 699. The highest BCUT2D eigenvalue weighted by Gasteiger charge is 2.02. The molecule has 0 unspecified atom stereocenters. The molecule has 0 atom stereocenters. The number of phenolic OH excluding ortho intramolecular Hbond substituents is 2. The Kier molecular flexibility index (Phi) is 4.98. The van der Waals surface area contributed by atoms with Gasteiger partial charge in [-0.2, -0.15) is 5.10 Å². The van der Waals surface area contributed by atoms with Gasteiger partial charge in [0.25, 0.3) is 5.91 Å². The molecule has 4 N–H and O–H groups in total. The molecule has 2 aromatic rings. The number of benzene rings is 2. The van der Waals surface area contributed by atoms with Crippen molar-refractivity contribution in [3.05, 3.63) is 53.6 Å². The molecule has 2 rings (SSSR count). The summed E-state index contributed by atoms with van der Waals surface area (Å²) in [4.78, 5) is 11.7. The zero-order chi connectivity index (χ0) is 15.9. The number of para-hydroxylation sites is 1. The first-order chi connectivity index (χ1) is 10.6. The van der Waals surface area contributed by atoms with E-state index < -0.39 is 0 Å². The van der Waals surface area contributed by atoms with Crippen LogP contribution < -0.4 is 10.7 Å². The number of aryl methyl sites for hydroxylation is 1. The minimum Gasteiger partial charge on any atom is -0.508 e. The van der Waals surface area contributed by atoms with E-state index in [1.54, 1.807) is 0 Å². The summed E-state index contributed by atoms with van der Waals surface area (Å²) in [5.41, 5.74) is 4.69. The number of hydrogen-bond acceptors (Lipinski definition) is 5. The molecule has 1 amide bonds. The lowest BCUT2D eigenvalue weighted by Gasteiger charge is -2.07. The van der Waals surface area contributed by atoms with Gasteiger partial charge in [0.05, 0.1) is 12.8 Å². The van der Waals surface area contributed by atoms with Crippen LogP contribution in [0.3, 0.4) is 0 Å². The predicted molar refractivity (Wildman–Crippen MR) is 85.2 cm³/mol. The van der Waals surface area contributed by atoms with Gasteiger partial charge < -0.3 is 15.5 Å². The van der Waals surface area contributed by atoms with E-state index >= 15 is 0 Å². The van der Waals surface area contributed by atoms with E-state index in [1.165, 1.54) is 24.4 Å². The van der Waals surface area contributed by atoms with Gasteiger partial charge in [-0.05, 0) is 30.7 Å². The number of anilines is 1. The van der Waals surface area contributed by atoms with Gasteiger partial charge in [0.1, 0.15) is 11.5 Å². The lowest BCUT2D eigenvalue weighted by Crippen LogP contribution is -2.26. The molecule has 22 heavy (non-hydrogen) atoms. The standard InChI is InChI=1S/C16H17N3O3/c1-11-4-2-3-5-14(11)17-10-16(22)19-18-9-12-6-7-13(20)8-15(12)21/h2-9,17,20-21H,10H2,1H3,(H,19,22)/b18-9-. The second-order valence-electron chi connectivity index (χ2n) is 4.70. The van der Waals surface area contributed by atoms with Gasteiger partial charge in [-0.1, -0.05) is 18.2 Å². The molecule has 0 spiro atoms. The van der Waals surface area contributed by atoms with Crippen molar-refractivity contribution in [2.45, 2.75) is 6.92 Å². The molecule has 0 saturated carbocycles. The topological polar surface area (TPSA) is 94.0 Å². The van der Waals surface area contributed by atoms with Crippen molar-refractivity contribution in [2.24, 2.45) is 5.10 Å². The van der Waals surface area contributed by atoms with Crippen molar-refractivity contribution in [3.8, 4) is 11.5 Å². The summed E-state index contributed by atoms with van der Waals surface area (Å²) in [6.45, 7) is 2.04. The Morgan fingerprint density at radius 2 is 2.00 bits per heavy atom. The SMILES string of the molecule is Cc1ccccc1NCC(=O)N/N=C\c1ccc(O)cc1O. The Morgan fingerprint density at radius 3 is 2.73 bits per heavy atom. The van der Waals surface area contributed by atoms with Gasteiger partial charge in [-0.15, -0.1) is 0 Å². The number of aromatic hydroxyl groups is 2. The van der Waals surface area contributed by atoms with E-state index in [0.717, 1.165) is 11.3 Å². The normalized spacial score (nSPS) is 10.6. The molecule has 2 aromatic carbocycles. The smallest absolute Gasteiger partial charge is 0.259 e. The Balaban J connectivity index is 1.85. The van der Waals surface area contributed by atoms with E-state index in [0.29, 0.717) is 5.56 Å². The molecular weight excluding hydrogens is 282 g/mol. The van der Waals surface area contributed by atoms with Crippen LogP contribution in [0.2, 0.25) is 0 Å². The molecule has 0 aliphatic heterocycles. The summed E-state index contributed by atoms with van der Waals surface area (Å²) in [5.74, 6) is -0.463. The summed E-state index contributed by atoms with van der Waals surface area (Å²) in [6, 6.07) is 11.8. The molecule has 114 valence electrons. The van der Waals surface area contributed by atoms with Gasteiger partial charge in [-0.3, -0.25) is 4.79 Å². The summed E-state index contributed by atoms with van der Waals surface area (Å²) in [6.07, 6.45) is 1.31. The highest BCUT2D eigenvalue weighted by atomic mass is 16.3. The molecule has 0 radical (unpaired) electrons. The van der Waals surface area contributed by atoms with E-state index in [9.17, 15) is 9.90 Å². The molecule has 6 heteroatoms. The average molecular weight is 299 g/mol. The van der Waals surface area contributed by atoms with Crippen LogP contribution in [0.4, 0.5) is 5.69 Å². The molecular formula is C16H17N3O3. The van der Waals surface area contributed by atoms with Gasteiger partial charge in [0.15, 0.2) is 0 Å². The number of nitrogens with zero attached hydrogens (tertiary/aromatic N) is 1. The summed E-state index contributed by atoms with van der Waals surface area (Å²) in [7, 11) is 0. The minimum atomic E-state index is -0.308. The van der Waals surface area contributed by atoms with Crippen molar-refractivity contribution >= 4 is 17.8 Å². The highest BCUT2D eigenvalue weighted by molar-refractivity contribution is 5.86. The first kappa shape index (κ1) is 15.4. The molecule has 0 aliphatic carbocycles. The fourth-order valence-corrected chi connectivity index (χ4v) is 1.80. The molecule has 0 aromatic heterocycles. The Hall–Kier alpha value is -3.02. The quantitative estimate of drug-likeness (QED) is 0.501. The maximum atomic E-state index is 11.7. The first-order valence-corrected chi connectivity index (χ1v) is 6.69. The van der Waals surface area contributed by atoms with E-state index in [-0.39, 0.29) is 24.0 Å². The van der Waals surface area contributed by atoms with Crippen LogP contribution in [0.25, 0.3) is 0 Å². The third-order valence-corrected chi connectivity index (χ3v) is 2.99. The van der Waals surface area contributed by atoms with Crippen LogP contribution in [-0.2, 0) is 4.79 Å². The number of nitrogens with one attached hydrogen (secondary N) is 2. The van der Waals surface area contributed by atoms with Crippen molar-refractivity contribution in [1.82, 2.24) is 5.43 Å². The van der Waals surface area contributed by atoms with Gasteiger partial charge in [0.2, 0.25) is 0 Å². The third-order valence-electron chi connectivity index (χ3n) is 2.99. The second-order valence-corrected chi connectivity index (χ2v) is 4.70. The summed E-state index contributed by atoms with van der Waals surface area (Å²) in [5, 5.41) is 25.5. The zero-order valence-electron chi connectivity index (χ0n) is 12.1. The average Bonchev–Trinajstić information content (AvgIpc) is 2.49. The van der Waals surface area contributed by atoms with E-state index in [4.69, 9.17) is 5.11 Å². The fraction of sp³-hybridized carbons (Fsp3) is 0.125. The maximum absolute atomic E-state index is 11.7. The summed E-state index contributed by atoms with van der Waals surface area (Å²) < 4.78 is 0. The number of amides is 1. The zero-order valence-corrected chi connectivity index (χ0v) is 12.1. The van der Waals surface area contributed by atoms with Gasteiger partial charge in [-0.25, -0.2) is 5.43 Å². The molecule has 0 heterocycles. The molecule has 0 fully saturated rings. The maximum Gasteiger partial charge on any atom is 0.259 e. The monoisotopic (exact) mass is 299 g/mol. The predicted octanol–water partition coefficient (Wildman–Crippen LogP) is 1.97. The van der Waals surface area contributed by atoms with Crippen molar-refractivity contribution in [2.75, 3.05) is 11.9 Å². The number of carbonyl (C=O) groups is 1. The summed E-state index contributed by atoms with van der Waals surface area (Å²) >= 11 is 0. The minimum absolute atomic E-state index is 0.0406. The number of hydrazone groups is 1. The van der Waals surface area contributed by atoms with Crippen molar-refractivity contribution in [3.63, 3.8) is 0 Å². The molecule has 0 aliphatic rings. The van der Waals surface area contributed by atoms with Gasteiger partial charge >= 0.3 is 0 Å². The first-order valence-electron chi connectivity index (χ1n) is 6.69. The third kappa shape index (κ3) is 4.24. The van der Waals surface area contributed by atoms with Crippen LogP contribution in [0.1, 0.15) is 11.1 Å². The highest BCUT2D eigenvalue weighted by Crippen LogP contribution is 2.20. The number of phenols is 2. The van der Waals surface area contributed by atoms with Crippen LogP contribution in [-0.4, -0.2) is 28.9 Å². The van der Waals surface area contributed by atoms with Crippen molar-refractivity contribution < 1.29 is 15.0 Å². The largest absolute Gasteiger partial charge is 0.508 e. The molecule has 0 saturated heterocycles. The van der Waals surface area contributed by atoms with Crippen LogP contribution in [0, 0.1) is 6.92 Å². The van der Waals surface area contributed by atoms with Crippen LogP contribution >= 0.6 is 0 Å². The molecule has 0 bridgehead atoms. The number of hydrogen-bond donors (Lipinski definition) is 4. The van der Waals surface area contributed by atoms with E-state index in [1.807, 2.05) is 31.2 Å². The van der Waals surface area contributed by atoms with Crippen LogP contribution in [0.15, 0.2) is 47.6 Å². The molecule has 6 nitrogen and oxygen atoms in total. The Labute approximate surface area is 128 Å². The Morgan fingerprint density at radius 1 is 1.23 bits per heavy atom.